The van der Waals surface area contributed by atoms with E-state index in [1.807, 2.05) is 13.0 Å². The molecule has 11 heteroatoms. The van der Waals surface area contributed by atoms with Gasteiger partial charge in [-0.15, -0.1) is 0 Å². The number of nitrogens with one attached hydrogen (secondary N) is 2. The topological polar surface area (TPSA) is 141 Å². The number of urea groups is 1. The second kappa shape index (κ2) is 11.4. The molecule has 0 aliphatic carbocycles. The van der Waals surface area contributed by atoms with Gasteiger partial charge in [-0.25, -0.2) is 14.8 Å². The summed E-state index contributed by atoms with van der Waals surface area (Å²) in [6, 6.07) is 5.01. The van der Waals surface area contributed by atoms with Crippen LogP contribution in [0.5, 0.6) is 0 Å². The minimum Gasteiger partial charge on any atom is -0.383 e. The van der Waals surface area contributed by atoms with Gasteiger partial charge in [0.1, 0.15) is 23.4 Å². The number of carbonyl (C=O) groups is 3. The summed E-state index contributed by atoms with van der Waals surface area (Å²) >= 11 is 0. The maximum atomic E-state index is 13.2. The third kappa shape index (κ3) is 6.10. The highest BCUT2D eigenvalue weighted by Crippen LogP contribution is 2.28. The van der Waals surface area contributed by atoms with E-state index < -0.39 is 6.03 Å². The summed E-state index contributed by atoms with van der Waals surface area (Å²) in [5.74, 6) is 0.551. The summed E-state index contributed by atoms with van der Waals surface area (Å²) in [6.07, 6.45) is 3.44. The SMILES string of the molecule is COCC(C)Nc1cc(NC(=O)N2CCCc3cc(CN(C)C(C)=O)c(C=O)nc32)ncc1C#N. The minimum absolute atomic E-state index is 0.0609. The third-order valence-electron chi connectivity index (χ3n) is 5.65. The molecule has 35 heavy (non-hydrogen) atoms. The molecule has 1 atom stereocenters. The number of pyridine rings is 2. The number of rotatable bonds is 8. The zero-order valence-corrected chi connectivity index (χ0v) is 20.3. The molecule has 1 aliphatic heterocycles. The standard InChI is InChI=1S/C24H29N7O4/c1-15(14-35-4)27-20-9-22(26-11-19(20)10-25)29-24(34)31-7-5-6-17-8-18(12-30(3)16(2)33)21(13-32)28-23(17)31/h8-9,11,13,15H,5-7,12,14H2,1-4H3,(H2,26,27,29,34). The van der Waals surface area contributed by atoms with E-state index in [0.717, 1.165) is 5.56 Å². The highest BCUT2D eigenvalue weighted by molar-refractivity contribution is 6.01. The van der Waals surface area contributed by atoms with Gasteiger partial charge in [-0.3, -0.25) is 19.8 Å². The van der Waals surface area contributed by atoms with Gasteiger partial charge in [-0.1, -0.05) is 0 Å². The molecule has 0 bridgehead atoms. The van der Waals surface area contributed by atoms with E-state index in [1.54, 1.807) is 20.2 Å². The Kier molecular flexibility index (Phi) is 8.33. The average Bonchev–Trinajstić information content (AvgIpc) is 2.83. The van der Waals surface area contributed by atoms with Crippen molar-refractivity contribution in [3.63, 3.8) is 0 Å². The second-order valence-electron chi connectivity index (χ2n) is 8.42. The molecule has 3 heterocycles. The fraction of sp³-hybridized carbons (Fsp3) is 0.417. The van der Waals surface area contributed by atoms with Crippen molar-refractivity contribution in [1.29, 1.82) is 5.26 Å². The fourth-order valence-corrected chi connectivity index (χ4v) is 3.82. The Bertz CT molecular complexity index is 1160. The van der Waals surface area contributed by atoms with Gasteiger partial charge in [-0.05, 0) is 31.4 Å². The molecule has 3 amide bonds. The Morgan fingerprint density at radius 1 is 1.40 bits per heavy atom. The predicted molar refractivity (Wildman–Crippen MR) is 130 cm³/mol. The quantitative estimate of drug-likeness (QED) is 0.551. The summed E-state index contributed by atoms with van der Waals surface area (Å²) in [7, 11) is 3.24. The summed E-state index contributed by atoms with van der Waals surface area (Å²) in [4.78, 5) is 48.1. The largest absolute Gasteiger partial charge is 0.383 e. The molecule has 0 saturated carbocycles. The van der Waals surface area contributed by atoms with Crippen LogP contribution in [0.25, 0.3) is 0 Å². The van der Waals surface area contributed by atoms with Crippen LogP contribution in [-0.2, 0) is 22.5 Å². The van der Waals surface area contributed by atoms with Crippen molar-refractivity contribution in [1.82, 2.24) is 14.9 Å². The highest BCUT2D eigenvalue weighted by atomic mass is 16.5. The monoisotopic (exact) mass is 479 g/mol. The van der Waals surface area contributed by atoms with Crippen LogP contribution in [0.15, 0.2) is 18.3 Å². The van der Waals surface area contributed by atoms with Crippen LogP contribution < -0.4 is 15.5 Å². The van der Waals surface area contributed by atoms with Crippen LogP contribution in [0.1, 0.15) is 47.4 Å². The molecular formula is C24H29N7O4. The maximum Gasteiger partial charge on any atom is 0.328 e. The van der Waals surface area contributed by atoms with E-state index in [4.69, 9.17) is 4.74 Å². The molecule has 2 aromatic heterocycles. The normalized spacial score (nSPS) is 13.3. The molecule has 1 aliphatic rings. The molecule has 0 radical (unpaired) electrons. The smallest absolute Gasteiger partial charge is 0.328 e. The van der Waals surface area contributed by atoms with Crippen molar-refractivity contribution in [2.24, 2.45) is 0 Å². The first-order valence-corrected chi connectivity index (χ1v) is 11.2. The van der Waals surface area contributed by atoms with Crippen LogP contribution >= 0.6 is 0 Å². The lowest BCUT2D eigenvalue weighted by atomic mass is 10.0. The Balaban J connectivity index is 1.85. The Labute approximate surface area is 204 Å². The van der Waals surface area contributed by atoms with Crippen LogP contribution in [0, 0.1) is 11.3 Å². The summed E-state index contributed by atoms with van der Waals surface area (Å²) < 4.78 is 5.13. The van der Waals surface area contributed by atoms with Crippen molar-refractivity contribution in [2.75, 3.05) is 42.8 Å². The second-order valence-corrected chi connectivity index (χ2v) is 8.42. The fourth-order valence-electron chi connectivity index (χ4n) is 3.82. The van der Waals surface area contributed by atoms with Crippen LogP contribution in [0.3, 0.4) is 0 Å². The lowest BCUT2D eigenvalue weighted by molar-refractivity contribution is -0.128. The molecule has 1 unspecified atom stereocenters. The number of anilines is 3. The minimum atomic E-state index is -0.447. The molecular weight excluding hydrogens is 450 g/mol. The molecule has 184 valence electrons. The maximum absolute atomic E-state index is 13.2. The molecule has 3 rings (SSSR count). The summed E-state index contributed by atoms with van der Waals surface area (Å²) in [6.45, 7) is 4.47. The van der Waals surface area contributed by atoms with Crippen molar-refractivity contribution >= 4 is 35.5 Å². The first kappa shape index (κ1) is 25.6. The first-order valence-electron chi connectivity index (χ1n) is 11.2. The number of ether oxygens (including phenoxy) is 1. The number of nitriles is 1. The third-order valence-corrected chi connectivity index (χ3v) is 5.65. The van der Waals surface area contributed by atoms with Crippen molar-refractivity contribution in [2.45, 2.75) is 39.3 Å². The Morgan fingerprint density at radius 2 is 2.17 bits per heavy atom. The first-order chi connectivity index (χ1) is 16.8. The van der Waals surface area contributed by atoms with Gasteiger partial charge in [0.05, 0.1) is 17.9 Å². The number of hydrogen-bond acceptors (Lipinski definition) is 8. The van der Waals surface area contributed by atoms with E-state index in [-0.39, 0.29) is 30.0 Å². The number of nitrogens with zero attached hydrogens (tertiary/aromatic N) is 5. The van der Waals surface area contributed by atoms with E-state index in [0.29, 0.717) is 54.9 Å². The van der Waals surface area contributed by atoms with Crippen LogP contribution in [-0.4, -0.2) is 66.4 Å². The highest BCUT2D eigenvalue weighted by Gasteiger charge is 2.26. The summed E-state index contributed by atoms with van der Waals surface area (Å²) in [5, 5.41) is 15.3. The van der Waals surface area contributed by atoms with E-state index in [1.165, 1.54) is 22.9 Å². The van der Waals surface area contributed by atoms with Gasteiger partial charge in [0.15, 0.2) is 6.29 Å². The lowest BCUT2D eigenvalue weighted by Crippen LogP contribution is -2.40. The van der Waals surface area contributed by atoms with Crippen LogP contribution in [0.2, 0.25) is 0 Å². The zero-order chi connectivity index (χ0) is 25.5. The Hall–Kier alpha value is -4.04. The van der Waals surface area contributed by atoms with Gasteiger partial charge in [0, 0.05) is 58.0 Å². The predicted octanol–water partition coefficient (Wildman–Crippen LogP) is 2.57. The van der Waals surface area contributed by atoms with Crippen LogP contribution in [0.4, 0.5) is 22.1 Å². The van der Waals surface area contributed by atoms with E-state index in [2.05, 4.69) is 26.7 Å². The van der Waals surface area contributed by atoms with Crippen molar-refractivity contribution in [3.05, 3.63) is 40.7 Å². The molecule has 2 aromatic rings. The van der Waals surface area contributed by atoms with Gasteiger partial charge in [0.25, 0.3) is 0 Å². The van der Waals surface area contributed by atoms with Crippen molar-refractivity contribution < 1.29 is 19.1 Å². The zero-order valence-electron chi connectivity index (χ0n) is 20.3. The van der Waals surface area contributed by atoms with Gasteiger partial charge < -0.3 is 15.0 Å². The number of carbonyl (C=O) groups excluding carboxylic acids is 3. The molecule has 11 nitrogen and oxygen atoms in total. The number of hydrogen-bond donors (Lipinski definition) is 2. The molecule has 2 N–H and O–H groups in total. The van der Waals surface area contributed by atoms with Gasteiger partial charge >= 0.3 is 6.03 Å². The number of amides is 3. The average molecular weight is 480 g/mol. The number of aromatic nitrogens is 2. The molecule has 0 aromatic carbocycles. The molecule has 0 saturated heterocycles. The summed E-state index contributed by atoms with van der Waals surface area (Å²) in [5.41, 5.74) is 2.52. The van der Waals surface area contributed by atoms with Crippen molar-refractivity contribution in [3.8, 4) is 6.07 Å². The number of methoxy groups -OCH3 is 1. The molecule has 0 fully saturated rings. The van der Waals surface area contributed by atoms with E-state index in [9.17, 15) is 19.6 Å². The number of aryl methyl sites for hydroxylation is 1. The number of fused-ring (bicyclic) bond motifs is 1. The molecule has 0 spiro atoms. The van der Waals surface area contributed by atoms with Gasteiger partial charge in [0.2, 0.25) is 5.91 Å². The number of aldehydes is 1. The van der Waals surface area contributed by atoms with Gasteiger partial charge in [-0.2, -0.15) is 5.26 Å². The Morgan fingerprint density at radius 3 is 2.83 bits per heavy atom. The van der Waals surface area contributed by atoms with E-state index >= 15 is 0 Å². The lowest BCUT2D eigenvalue weighted by Gasteiger charge is -2.29.